The zero-order valence-electron chi connectivity index (χ0n) is 15.1. The minimum atomic E-state index is -0.431. The maximum Gasteiger partial charge on any atom is 0.337 e. The van der Waals surface area contributed by atoms with Gasteiger partial charge in [0.1, 0.15) is 0 Å². The standard InChI is InChI=1S/C20H23BrN2O3/c1-4-17(14-7-9-16(21)10-8-14)22-12-19(24)23-18-11-15(20(25)26-3)6-5-13(18)2/h5-11,17,22H,4,12H2,1-3H3,(H,23,24)/t17-/m0/s1. The highest BCUT2D eigenvalue weighted by Gasteiger charge is 2.13. The minimum absolute atomic E-state index is 0.0938. The Kier molecular flexibility index (Phi) is 7.36. The van der Waals surface area contributed by atoms with Crippen LogP contribution in [0.25, 0.3) is 0 Å². The Morgan fingerprint density at radius 1 is 1.15 bits per heavy atom. The molecule has 2 rings (SSSR count). The summed E-state index contributed by atoms with van der Waals surface area (Å²) < 4.78 is 5.74. The van der Waals surface area contributed by atoms with Crippen LogP contribution < -0.4 is 10.6 Å². The molecule has 2 N–H and O–H groups in total. The van der Waals surface area contributed by atoms with E-state index in [1.807, 2.05) is 31.2 Å². The molecule has 2 aromatic carbocycles. The normalized spacial score (nSPS) is 11.7. The van der Waals surface area contributed by atoms with Gasteiger partial charge in [-0.25, -0.2) is 4.79 Å². The summed E-state index contributed by atoms with van der Waals surface area (Å²) in [5.41, 5.74) is 3.03. The first kappa shape index (κ1) is 20.1. The summed E-state index contributed by atoms with van der Waals surface area (Å²) in [6.45, 7) is 4.12. The number of carbonyl (C=O) groups is 2. The lowest BCUT2D eigenvalue weighted by molar-refractivity contribution is -0.115. The molecule has 2 aromatic rings. The molecule has 5 nitrogen and oxygen atoms in total. The molecule has 0 fully saturated rings. The molecule has 0 saturated carbocycles. The van der Waals surface area contributed by atoms with Crippen molar-refractivity contribution in [1.82, 2.24) is 5.32 Å². The highest BCUT2D eigenvalue weighted by atomic mass is 79.9. The van der Waals surface area contributed by atoms with E-state index in [2.05, 4.69) is 33.5 Å². The molecular formula is C20H23BrN2O3. The molecule has 0 radical (unpaired) electrons. The van der Waals surface area contributed by atoms with Gasteiger partial charge in [-0.2, -0.15) is 0 Å². The fraction of sp³-hybridized carbons (Fsp3) is 0.300. The maximum absolute atomic E-state index is 12.3. The van der Waals surface area contributed by atoms with Crippen LogP contribution >= 0.6 is 15.9 Å². The molecule has 1 amide bonds. The quantitative estimate of drug-likeness (QED) is 0.660. The second-order valence-electron chi connectivity index (χ2n) is 5.96. The van der Waals surface area contributed by atoms with Gasteiger partial charge in [-0.05, 0) is 48.7 Å². The van der Waals surface area contributed by atoms with E-state index in [0.29, 0.717) is 11.3 Å². The van der Waals surface area contributed by atoms with Crippen molar-refractivity contribution >= 4 is 33.5 Å². The van der Waals surface area contributed by atoms with Crippen molar-refractivity contribution in [2.24, 2.45) is 0 Å². The fourth-order valence-electron chi connectivity index (χ4n) is 2.60. The summed E-state index contributed by atoms with van der Waals surface area (Å²) in [7, 11) is 1.33. The first-order chi connectivity index (χ1) is 12.4. The number of halogens is 1. The smallest absolute Gasteiger partial charge is 0.337 e. The third-order valence-electron chi connectivity index (χ3n) is 4.12. The van der Waals surface area contributed by atoms with Gasteiger partial charge in [0.25, 0.3) is 0 Å². The zero-order valence-corrected chi connectivity index (χ0v) is 16.7. The van der Waals surface area contributed by atoms with E-state index in [1.54, 1.807) is 18.2 Å². The van der Waals surface area contributed by atoms with Gasteiger partial charge in [-0.3, -0.25) is 4.79 Å². The number of hydrogen-bond acceptors (Lipinski definition) is 4. The van der Waals surface area contributed by atoms with Crippen molar-refractivity contribution in [3.63, 3.8) is 0 Å². The minimum Gasteiger partial charge on any atom is -0.465 e. The fourth-order valence-corrected chi connectivity index (χ4v) is 2.87. The van der Waals surface area contributed by atoms with Gasteiger partial charge in [0.2, 0.25) is 5.91 Å². The molecule has 0 aliphatic carbocycles. The third kappa shape index (κ3) is 5.41. The van der Waals surface area contributed by atoms with Gasteiger partial charge in [0.15, 0.2) is 0 Å². The number of methoxy groups -OCH3 is 1. The van der Waals surface area contributed by atoms with Gasteiger partial charge >= 0.3 is 5.97 Å². The Balaban J connectivity index is 1.99. The first-order valence-electron chi connectivity index (χ1n) is 8.42. The van der Waals surface area contributed by atoms with Crippen LogP contribution in [0.3, 0.4) is 0 Å². The molecule has 0 aliphatic rings. The van der Waals surface area contributed by atoms with E-state index in [0.717, 1.165) is 22.0 Å². The Labute approximate surface area is 162 Å². The van der Waals surface area contributed by atoms with Crippen LogP contribution in [-0.4, -0.2) is 25.5 Å². The number of benzene rings is 2. The van der Waals surface area contributed by atoms with Gasteiger partial charge < -0.3 is 15.4 Å². The molecule has 0 aliphatic heterocycles. The summed E-state index contributed by atoms with van der Waals surface area (Å²) in [6, 6.07) is 13.2. The number of anilines is 1. The largest absolute Gasteiger partial charge is 0.465 e. The number of nitrogens with one attached hydrogen (secondary N) is 2. The van der Waals surface area contributed by atoms with Crippen LogP contribution in [0.4, 0.5) is 5.69 Å². The van der Waals surface area contributed by atoms with Crippen LogP contribution in [0.5, 0.6) is 0 Å². The van der Waals surface area contributed by atoms with Crippen molar-refractivity contribution in [3.8, 4) is 0 Å². The van der Waals surface area contributed by atoms with E-state index >= 15 is 0 Å². The molecule has 0 aromatic heterocycles. The Hall–Kier alpha value is -2.18. The topological polar surface area (TPSA) is 67.4 Å². The number of hydrogen-bond donors (Lipinski definition) is 2. The van der Waals surface area contributed by atoms with Crippen LogP contribution in [0.1, 0.15) is 40.9 Å². The Bertz CT molecular complexity index is 775. The summed E-state index contributed by atoms with van der Waals surface area (Å²) >= 11 is 3.43. The van der Waals surface area contributed by atoms with Gasteiger partial charge in [-0.15, -0.1) is 0 Å². The number of ether oxygens (including phenoxy) is 1. The van der Waals surface area contributed by atoms with Gasteiger partial charge in [-0.1, -0.05) is 41.1 Å². The first-order valence-corrected chi connectivity index (χ1v) is 9.21. The second-order valence-corrected chi connectivity index (χ2v) is 6.88. The lowest BCUT2D eigenvalue weighted by atomic mass is 10.0. The summed E-state index contributed by atoms with van der Waals surface area (Å²) in [5.74, 6) is -0.592. The molecule has 26 heavy (non-hydrogen) atoms. The van der Waals surface area contributed by atoms with E-state index in [1.165, 1.54) is 7.11 Å². The van der Waals surface area contributed by atoms with Crippen molar-refractivity contribution < 1.29 is 14.3 Å². The van der Waals surface area contributed by atoms with Crippen molar-refractivity contribution in [2.75, 3.05) is 19.0 Å². The van der Waals surface area contributed by atoms with Crippen molar-refractivity contribution in [2.45, 2.75) is 26.3 Å². The number of aryl methyl sites for hydroxylation is 1. The number of amides is 1. The number of carbonyl (C=O) groups excluding carboxylic acids is 2. The third-order valence-corrected chi connectivity index (χ3v) is 4.65. The highest BCUT2D eigenvalue weighted by Crippen LogP contribution is 2.20. The number of rotatable bonds is 7. The van der Waals surface area contributed by atoms with E-state index in [4.69, 9.17) is 4.74 Å². The van der Waals surface area contributed by atoms with E-state index in [-0.39, 0.29) is 18.5 Å². The Morgan fingerprint density at radius 2 is 1.85 bits per heavy atom. The predicted octanol–water partition coefficient (Wildman–Crippen LogP) is 4.22. The molecule has 0 spiro atoms. The average Bonchev–Trinajstić information content (AvgIpc) is 2.64. The van der Waals surface area contributed by atoms with Crippen molar-refractivity contribution in [1.29, 1.82) is 0 Å². The van der Waals surface area contributed by atoms with Crippen LogP contribution in [0.2, 0.25) is 0 Å². The van der Waals surface area contributed by atoms with Crippen LogP contribution in [0.15, 0.2) is 46.9 Å². The average molecular weight is 419 g/mol. The predicted molar refractivity (Wildman–Crippen MR) is 106 cm³/mol. The van der Waals surface area contributed by atoms with Crippen LogP contribution in [-0.2, 0) is 9.53 Å². The number of esters is 1. The SMILES string of the molecule is CC[C@H](NCC(=O)Nc1cc(C(=O)OC)ccc1C)c1ccc(Br)cc1. The summed E-state index contributed by atoms with van der Waals surface area (Å²) in [5, 5.41) is 6.13. The van der Waals surface area contributed by atoms with E-state index < -0.39 is 5.97 Å². The molecular weight excluding hydrogens is 396 g/mol. The summed E-state index contributed by atoms with van der Waals surface area (Å²) in [6.07, 6.45) is 0.867. The maximum atomic E-state index is 12.3. The molecule has 1 atom stereocenters. The molecule has 0 unspecified atom stereocenters. The Morgan fingerprint density at radius 3 is 2.46 bits per heavy atom. The van der Waals surface area contributed by atoms with Gasteiger partial charge in [0.05, 0.1) is 19.2 Å². The highest BCUT2D eigenvalue weighted by molar-refractivity contribution is 9.10. The lowest BCUT2D eigenvalue weighted by Gasteiger charge is -2.18. The summed E-state index contributed by atoms with van der Waals surface area (Å²) in [4.78, 5) is 24.0. The van der Waals surface area contributed by atoms with Crippen LogP contribution in [0, 0.1) is 6.92 Å². The molecule has 0 heterocycles. The monoisotopic (exact) mass is 418 g/mol. The second kappa shape index (κ2) is 9.50. The molecule has 6 heteroatoms. The lowest BCUT2D eigenvalue weighted by Crippen LogP contribution is -2.31. The van der Waals surface area contributed by atoms with Gasteiger partial charge in [0, 0.05) is 16.2 Å². The molecule has 138 valence electrons. The molecule has 0 bridgehead atoms. The van der Waals surface area contributed by atoms with E-state index in [9.17, 15) is 9.59 Å². The molecule has 0 saturated heterocycles. The zero-order chi connectivity index (χ0) is 19.1. The van der Waals surface area contributed by atoms with Crippen molar-refractivity contribution in [3.05, 3.63) is 63.6 Å².